The van der Waals surface area contributed by atoms with Crippen molar-refractivity contribution >= 4 is 57.2 Å². The van der Waals surface area contributed by atoms with Crippen LogP contribution in [0, 0.1) is 0 Å². The Labute approximate surface area is 382 Å². The standard InChI is InChI=1S/C60H73BN2/c1-55(2,3)39-21-19-38(20-22-39)46-33-41(57(7,8)9)25-30-49(46)63-51-32-27-43(59(13,14)15)35-48(51)61-47-34-42(58(10,11)12)26-31-50(47)62(45-28-23-40(24-29-45)56(4,5)6)52-36-44(60(16,17)18)37-53(63)54(52)61/h19-37H,1-18H3. The average molecular weight is 833 g/mol. The minimum atomic E-state index is -0.108. The maximum atomic E-state index is 2.64. The number of fused-ring (bicyclic) bond motifs is 4. The van der Waals surface area contributed by atoms with Gasteiger partial charge in [-0.3, -0.25) is 0 Å². The van der Waals surface area contributed by atoms with Gasteiger partial charge in [-0.25, -0.2) is 0 Å². The molecular weight excluding hydrogens is 759 g/mol. The van der Waals surface area contributed by atoms with Gasteiger partial charge in [0.1, 0.15) is 0 Å². The molecule has 0 unspecified atom stereocenters. The van der Waals surface area contributed by atoms with Crippen LogP contribution in [0.15, 0.2) is 115 Å². The first kappa shape index (κ1) is 44.6. The Bertz CT molecular complexity index is 2710. The van der Waals surface area contributed by atoms with Crippen LogP contribution in [0.2, 0.25) is 0 Å². The third-order valence-corrected chi connectivity index (χ3v) is 13.8. The van der Waals surface area contributed by atoms with Crippen molar-refractivity contribution in [3.05, 3.63) is 149 Å². The Morgan fingerprint density at radius 1 is 0.302 bits per heavy atom. The fraction of sp³-hybridized carbons (Fsp3) is 0.400. The van der Waals surface area contributed by atoms with Crippen LogP contribution in [-0.4, -0.2) is 6.71 Å². The van der Waals surface area contributed by atoms with Crippen molar-refractivity contribution in [1.82, 2.24) is 0 Å². The summed E-state index contributed by atoms with van der Waals surface area (Å²) in [6, 6.07) is 45.9. The fourth-order valence-corrected chi connectivity index (χ4v) is 9.60. The van der Waals surface area contributed by atoms with Crippen LogP contribution in [-0.2, 0) is 32.5 Å². The lowest BCUT2D eigenvalue weighted by Gasteiger charge is -2.46. The molecule has 6 aromatic rings. The molecule has 0 amide bonds. The van der Waals surface area contributed by atoms with E-state index in [-0.39, 0.29) is 39.2 Å². The van der Waals surface area contributed by atoms with Crippen molar-refractivity contribution in [2.45, 2.75) is 157 Å². The van der Waals surface area contributed by atoms with Gasteiger partial charge < -0.3 is 9.80 Å². The predicted octanol–water partition coefficient (Wildman–Crippen LogP) is 15.2. The molecule has 63 heavy (non-hydrogen) atoms. The molecule has 0 saturated heterocycles. The van der Waals surface area contributed by atoms with E-state index in [2.05, 4.69) is 250 Å². The van der Waals surface area contributed by atoms with Gasteiger partial charge in [0, 0.05) is 34.0 Å². The van der Waals surface area contributed by atoms with Crippen LogP contribution >= 0.6 is 0 Å². The third kappa shape index (κ3) is 8.08. The maximum absolute atomic E-state index is 2.64. The zero-order valence-corrected chi connectivity index (χ0v) is 41.9. The number of hydrogen-bond donors (Lipinski definition) is 0. The van der Waals surface area contributed by atoms with E-state index in [1.165, 1.54) is 95.0 Å². The molecule has 2 nitrogen and oxygen atoms in total. The van der Waals surface area contributed by atoms with E-state index >= 15 is 0 Å². The van der Waals surface area contributed by atoms with Crippen LogP contribution in [0.4, 0.5) is 34.1 Å². The molecular formula is C60H73BN2. The monoisotopic (exact) mass is 833 g/mol. The summed E-state index contributed by atoms with van der Waals surface area (Å²) in [6.45, 7) is 42.0. The Kier molecular flexibility index (Phi) is 10.4. The van der Waals surface area contributed by atoms with Crippen molar-refractivity contribution in [3.63, 3.8) is 0 Å². The molecule has 0 radical (unpaired) electrons. The first-order chi connectivity index (χ1) is 29.0. The molecule has 2 aliphatic rings. The summed E-state index contributed by atoms with van der Waals surface area (Å²) in [5.41, 5.74) is 22.0. The molecule has 0 spiro atoms. The van der Waals surface area contributed by atoms with Gasteiger partial charge in [0.25, 0.3) is 6.71 Å². The van der Waals surface area contributed by atoms with Crippen LogP contribution in [0.25, 0.3) is 11.1 Å². The van der Waals surface area contributed by atoms with Crippen LogP contribution in [0.3, 0.4) is 0 Å². The lowest BCUT2D eigenvalue weighted by atomic mass is 9.33. The molecule has 0 atom stereocenters. The quantitative estimate of drug-likeness (QED) is 0.164. The second-order valence-electron chi connectivity index (χ2n) is 24.9. The molecule has 0 aromatic heterocycles. The lowest BCUT2D eigenvalue weighted by Crippen LogP contribution is -2.62. The highest BCUT2D eigenvalue weighted by molar-refractivity contribution is 7.00. The number of nitrogens with zero attached hydrogens (tertiary/aromatic N) is 2. The molecule has 0 saturated carbocycles. The largest absolute Gasteiger partial charge is 0.311 e. The topological polar surface area (TPSA) is 6.48 Å². The van der Waals surface area contributed by atoms with Crippen molar-refractivity contribution in [2.75, 3.05) is 9.80 Å². The van der Waals surface area contributed by atoms with Gasteiger partial charge in [-0.1, -0.05) is 191 Å². The summed E-state index contributed by atoms with van der Waals surface area (Å²) in [6.07, 6.45) is 0. The average Bonchev–Trinajstić information content (AvgIpc) is 3.18. The zero-order chi connectivity index (χ0) is 46.0. The molecule has 0 fully saturated rings. The summed E-state index contributed by atoms with van der Waals surface area (Å²) < 4.78 is 0. The van der Waals surface area contributed by atoms with E-state index in [4.69, 9.17) is 0 Å². The summed E-state index contributed by atoms with van der Waals surface area (Å²) >= 11 is 0. The van der Waals surface area contributed by atoms with Gasteiger partial charge in [0.2, 0.25) is 0 Å². The normalized spacial score (nSPS) is 14.4. The lowest BCUT2D eigenvalue weighted by molar-refractivity contribution is 0.589. The molecule has 326 valence electrons. The summed E-state index contributed by atoms with van der Waals surface area (Å²) in [5.74, 6) is 0. The highest BCUT2D eigenvalue weighted by Gasteiger charge is 2.45. The van der Waals surface area contributed by atoms with Crippen molar-refractivity contribution in [1.29, 1.82) is 0 Å². The number of anilines is 6. The molecule has 2 aliphatic heterocycles. The molecule has 0 bridgehead atoms. The molecule has 6 aromatic carbocycles. The van der Waals surface area contributed by atoms with E-state index in [1.807, 2.05) is 0 Å². The maximum Gasteiger partial charge on any atom is 0.252 e. The minimum Gasteiger partial charge on any atom is -0.311 e. The van der Waals surface area contributed by atoms with Gasteiger partial charge in [-0.05, 0) is 136 Å². The van der Waals surface area contributed by atoms with Crippen LogP contribution in [0.5, 0.6) is 0 Å². The first-order valence-electron chi connectivity index (χ1n) is 23.5. The van der Waals surface area contributed by atoms with E-state index in [1.54, 1.807) is 0 Å². The highest BCUT2D eigenvalue weighted by atomic mass is 15.2. The van der Waals surface area contributed by atoms with E-state index < -0.39 is 0 Å². The highest BCUT2D eigenvalue weighted by Crippen LogP contribution is 2.49. The molecule has 3 heteroatoms. The minimum absolute atomic E-state index is 0.0174. The zero-order valence-electron chi connectivity index (χ0n) is 41.9. The Balaban J connectivity index is 1.52. The van der Waals surface area contributed by atoms with Crippen molar-refractivity contribution in [2.24, 2.45) is 0 Å². The summed E-state index contributed by atoms with van der Waals surface area (Å²) in [7, 11) is 0. The SMILES string of the molecule is CC(C)(C)c1ccc(-c2cc(C(C)(C)C)ccc2N2c3ccc(C(C)(C)C)cc3B3c4cc(C(C)(C)C)ccc4N(c4ccc(C(C)(C)C)cc4)c4cc(C(C)(C)C)cc2c43)cc1. The molecule has 0 aliphatic carbocycles. The van der Waals surface area contributed by atoms with E-state index in [0.29, 0.717) is 0 Å². The second kappa shape index (κ2) is 14.8. The molecule has 0 N–H and O–H groups in total. The van der Waals surface area contributed by atoms with Gasteiger partial charge in [0.05, 0.1) is 5.69 Å². The molecule has 8 rings (SSSR count). The Morgan fingerprint density at radius 3 is 1.08 bits per heavy atom. The van der Waals surface area contributed by atoms with Gasteiger partial charge >= 0.3 is 0 Å². The van der Waals surface area contributed by atoms with Crippen molar-refractivity contribution in [3.8, 4) is 11.1 Å². The summed E-state index contributed by atoms with van der Waals surface area (Å²) in [5, 5.41) is 0. The number of hydrogen-bond acceptors (Lipinski definition) is 2. The smallest absolute Gasteiger partial charge is 0.252 e. The third-order valence-electron chi connectivity index (χ3n) is 13.8. The molecule has 2 heterocycles. The van der Waals surface area contributed by atoms with E-state index in [9.17, 15) is 0 Å². The van der Waals surface area contributed by atoms with Gasteiger partial charge in [0.15, 0.2) is 0 Å². The Morgan fingerprint density at radius 2 is 0.651 bits per heavy atom. The van der Waals surface area contributed by atoms with Gasteiger partial charge in [-0.15, -0.1) is 0 Å². The number of rotatable bonds is 3. The first-order valence-corrected chi connectivity index (χ1v) is 23.5. The van der Waals surface area contributed by atoms with Crippen molar-refractivity contribution < 1.29 is 0 Å². The predicted molar refractivity (Wildman–Crippen MR) is 278 cm³/mol. The fourth-order valence-electron chi connectivity index (χ4n) is 9.60. The van der Waals surface area contributed by atoms with E-state index in [0.717, 1.165) is 0 Å². The summed E-state index contributed by atoms with van der Waals surface area (Å²) in [4.78, 5) is 5.23. The Hall–Kier alpha value is -5.02. The number of benzene rings is 6. The van der Waals surface area contributed by atoms with Crippen LogP contribution < -0.4 is 26.2 Å². The second-order valence-corrected chi connectivity index (χ2v) is 24.9. The van der Waals surface area contributed by atoms with Crippen LogP contribution in [0.1, 0.15) is 158 Å². The van der Waals surface area contributed by atoms with Gasteiger partial charge in [-0.2, -0.15) is 0 Å².